The fraction of sp³-hybridized carbons (Fsp3) is 0.231. The number of benzene rings is 1. The van der Waals surface area contributed by atoms with Gasteiger partial charge in [0.2, 0.25) is 10.8 Å². The summed E-state index contributed by atoms with van der Waals surface area (Å²) in [5.41, 5.74) is 2.23. The molecular formula is C13H15BrN3O3S+. The van der Waals surface area contributed by atoms with Crippen molar-refractivity contribution in [2.45, 2.75) is 25.7 Å². The lowest BCUT2D eigenvalue weighted by atomic mass is 10.1. The molecule has 1 heterocycles. The van der Waals surface area contributed by atoms with Gasteiger partial charge in [0, 0.05) is 0 Å². The van der Waals surface area contributed by atoms with E-state index in [4.69, 9.17) is 10.0 Å². The zero-order valence-electron chi connectivity index (χ0n) is 11.8. The largest absolute Gasteiger partial charge is 0.446 e. The molecule has 21 heavy (non-hydrogen) atoms. The summed E-state index contributed by atoms with van der Waals surface area (Å²) in [6.45, 7) is 5.36. The van der Waals surface area contributed by atoms with Gasteiger partial charge in [-0.1, -0.05) is 17.7 Å². The number of halogens is 1. The lowest BCUT2D eigenvalue weighted by Crippen LogP contribution is -2.46. The van der Waals surface area contributed by atoms with Gasteiger partial charge in [0.1, 0.15) is 4.90 Å². The van der Waals surface area contributed by atoms with E-state index in [-0.39, 0.29) is 15.4 Å². The summed E-state index contributed by atoms with van der Waals surface area (Å²) >= 11 is 3.12. The Morgan fingerprint density at radius 1 is 1.24 bits per heavy atom. The van der Waals surface area contributed by atoms with Gasteiger partial charge >= 0.3 is 16.0 Å². The van der Waals surface area contributed by atoms with E-state index in [2.05, 4.69) is 20.9 Å². The monoisotopic (exact) mass is 372 g/mol. The van der Waals surface area contributed by atoms with Crippen molar-refractivity contribution in [3.05, 3.63) is 45.8 Å². The fourth-order valence-corrected chi connectivity index (χ4v) is 4.06. The molecule has 2 rings (SSSR count). The molecule has 0 fully saturated rings. The van der Waals surface area contributed by atoms with Crippen molar-refractivity contribution in [2.75, 3.05) is 5.84 Å². The van der Waals surface area contributed by atoms with Crippen molar-refractivity contribution in [1.29, 1.82) is 0 Å². The standard InChI is InChI=1S/C13H15BrN3O3S/c1-8-6-9(2)11(10(3)7-8)21(18,19)20-13-12(14)16-4-5-17(13)15/h4-7H,1-3H3,(H2,15,16)/q+1. The first-order chi connectivity index (χ1) is 9.72. The van der Waals surface area contributed by atoms with Crippen LogP contribution in [-0.4, -0.2) is 13.4 Å². The van der Waals surface area contributed by atoms with Gasteiger partial charge in [-0.05, 0) is 52.5 Å². The third-order valence-electron chi connectivity index (χ3n) is 2.87. The molecule has 0 amide bonds. The molecule has 0 unspecified atom stereocenters. The van der Waals surface area contributed by atoms with Gasteiger partial charge < -0.3 is 4.18 Å². The lowest BCUT2D eigenvalue weighted by molar-refractivity contribution is -0.643. The summed E-state index contributed by atoms with van der Waals surface area (Å²) in [6, 6.07) is 3.58. The lowest BCUT2D eigenvalue weighted by Gasteiger charge is -2.11. The highest BCUT2D eigenvalue weighted by atomic mass is 79.9. The van der Waals surface area contributed by atoms with E-state index >= 15 is 0 Å². The first-order valence-electron chi connectivity index (χ1n) is 6.06. The molecule has 0 radical (unpaired) electrons. The summed E-state index contributed by atoms with van der Waals surface area (Å²) in [5.74, 6) is 5.58. The Bertz CT molecular complexity index is 763. The summed E-state index contributed by atoms with van der Waals surface area (Å²) in [5, 5.41) is 0. The number of nitrogen functional groups attached to an aromatic ring is 1. The quantitative estimate of drug-likeness (QED) is 0.501. The average molecular weight is 373 g/mol. The van der Waals surface area contributed by atoms with Crippen LogP contribution in [0.2, 0.25) is 0 Å². The SMILES string of the molecule is Cc1cc(C)c(S(=O)(=O)Oc2c(Br)ncc[n+]2N)c(C)c1. The number of hydrogen-bond donors (Lipinski definition) is 1. The molecule has 0 aliphatic carbocycles. The van der Waals surface area contributed by atoms with Crippen molar-refractivity contribution in [1.82, 2.24) is 4.98 Å². The van der Waals surface area contributed by atoms with Crippen LogP contribution in [-0.2, 0) is 10.1 Å². The van der Waals surface area contributed by atoms with Gasteiger partial charge in [0.05, 0.1) is 6.20 Å². The van der Waals surface area contributed by atoms with Gasteiger partial charge in [0.15, 0.2) is 0 Å². The number of rotatable bonds is 3. The molecule has 6 nitrogen and oxygen atoms in total. The van der Waals surface area contributed by atoms with Crippen LogP contribution in [0, 0.1) is 20.8 Å². The van der Waals surface area contributed by atoms with Crippen LogP contribution in [0.4, 0.5) is 0 Å². The molecule has 1 aromatic carbocycles. The van der Waals surface area contributed by atoms with Gasteiger partial charge in [-0.3, -0.25) is 0 Å². The first kappa shape index (κ1) is 15.7. The molecule has 1 aromatic heterocycles. The van der Waals surface area contributed by atoms with Gasteiger partial charge in [-0.2, -0.15) is 8.42 Å². The number of nitrogens with two attached hydrogens (primary N) is 1. The first-order valence-corrected chi connectivity index (χ1v) is 8.26. The van der Waals surface area contributed by atoms with Gasteiger partial charge in [-0.15, -0.1) is 0 Å². The molecule has 2 N–H and O–H groups in total. The van der Waals surface area contributed by atoms with Crippen LogP contribution in [0.1, 0.15) is 16.7 Å². The smallest absolute Gasteiger partial charge is 0.315 e. The van der Waals surface area contributed by atoms with Crippen molar-refractivity contribution < 1.29 is 17.3 Å². The predicted octanol–water partition coefficient (Wildman–Crippen LogP) is 1.54. The van der Waals surface area contributed by atoms with Crippen molar-refractivity contribution in [2.24, 2.45) is 0 Å². The third kappa shape index (κ3) is 3.16. The highest BCUT2D eigenvalue weighted by Gasteiger charge is 2.28. The Labute approximate surface area is 131 Å². The summed E-state index contributed by atoms with van der Waals surface area (Å²) in [7, 11) is -4.01. The van der Waals surface area contributed by atoms with Crippen LogP contribution in [0.25, 0.3) is 0 Å². The van der Waals surface area contributed by atoms with Crippen LogP contribution < -0.4 is 14.7 Å². The summed E-state index contributed by atoms with van der Waals surface area (Å²) in [6.07, 6.45) is 2.82. The zero-order valence-corrected chi connectivity index (χ0v) is 14.2. The van der Waals surface area contributed by atoms with Crippen LogP contribution in [0.3, 0.4) is 0 Å². The third-order valence-corrected chi connectivity index (χ3v) is 4.93. The van der Waals surface area contributed by atoms with E-state index in [1.807, 2.05) is 6.92 Å². The maximum Gasteiger partial charge on any atom is 0.446 e. The highest BCUT2D eigenvalue weighted by molar-refractivity contribution is 9.10. The van der Waals surface area contributed by atoms with E-state index in [1.54, 1.807) is 26.0 Å². The minimum Gasteiger partial charge on any atom is -0.315 e. The molecular weight excluding hydrogens is 358 g/mol. The normalized spacial score (nSPS) is 11.4. The second kappa shape index (κ2) is 5.61. The maximum atomic E-state index is 12.5. The summed E-state index contributed by atoms with van der Waals surface area (Å²) in [4.78, 5) is 4.05. The molecule has 8 heteroatoms. The molecule has 2 aromatic rings. The second-order valence-corrected chi connectivity index (χ2v) is 6.93. The molecule has 0 spiro atoms. The molecule has 0 aliphatic rings. The Hall–Kier alpha value is -1.67. The van der Waals surface area contributed by atoms with Crippen LogP contribution in [0.15, 0.2) is 34.0 Å². The molecule has 0 atom stereocenters. The molecule has 112 valence electrons. The average Bonchev–Trinajstić information content (AvgIpc) is 2.32. The maximum absolute atomic E-state index is 12.5. The molecule has 0 saturated heterocycles. The summed E-state index contributed by atoms with van der Waals surface area (Å²) < 4.78 is 31.4. The zero-order chi connectivity index (χ0) is 15.8. The Balaban J connectivity index is 2.54. The van der Waals surface area contributed by atoms with E-state index in [0.29, 0.717) is 11.1 Å². The van der Waals surface area contributed by atoms with Crippen LogP contribution >= 0.6 is 15.9 Å². The topological polar surface area (TPSA) is 86.2 Å². The number of nitrogens with zero attached hydrogens (tertiary/aromatic N) is 2. The van der Waals surface area contributed by atoms with Crippen molar-refractivity contribution >= 4 is 26.0 Å². The molecule has 0 bridgehead atoms. The minimum absolute atomic E-state index is 0.0862. The van der Waals surface area contributed by atoms with Crippen LogP contribution in [0.5, 0.6) is 5.88 Å². The van der Waals surface area contributed by atoms with Gasteiger partial charge in [0.25, 0.3) is 0 Å². The predicted molar refractivity (Wildman–Crippen MR) is 80.7 cm³/mol. The van der Waals surface area contributed by atoms with E-state index < -0.39 is 10.1 Å². The van der Waals surface area contributed by atoms with E-state index in [0.717, 1.165) is 10.2 Å². The Morgan fingerprint density at radius 2 is 1.81 bits per heavy atom. The van der Waals surface area contributed by atoms with E-state index in [1.165, 1.54) is 12.4 Å². The Kier molecular flexibility index (Phi) is 4.20. The minimum atomic E-state index is -4.01. The molecule has 0 aliphatic heterocycles. The van der Waals surface area contributed by atoms with Gasteiger partial charge in [-0.25, -0.2) is 10.8 Å². The number of aryl methyl sites for hydroxylation is 3. The highest BCUT2D eigenvalue weighted by Crippen LogP contribution is 2.26. The van der Waals surface area contributed by atoms with Crippen molar-refractivity contribution in [3.8, 4) is 5.88 Å². The molecule has 0 saturated carbocycles. The van der Waals surface area contributed by atoms with Crippen molar-refractivity contribution in [3.63, 3.8) is 0 Å². The van der Waals surface area contributed by atoms with E-state index in [9.17, 15) is 8.42 Å². The Morgan fingerprint density at radius 3 is 2.33 bits per heavy atom. The fourth-order valence-electron chi connectivity index (χ4n) is 2.18. The number of hydrogen-bond acceptors (Lipinski definition) is 5. The number of aromatic nitrogens is 2. The second-order valence-electron chi connectivity index (χ2n) is 4.70.